The average molecular weight is 308 g/mol. The van der Waals surface area contributed by atoms with Crippen molar-refractivity contribution < 1.29 is 4.79 Å². The molecule has 0 bridgehead atoms. The van der Waals surface area contributed by atoms with E-state index in [0.717, 1.165) is 5.69 Å². The quantitative estimate of drug-likeness (QED) is 0.909. The maximum Gasteiger partial charge on any atom is 0.221 e. The number of benzene rings is 2. The van der Waals surface area contributed by atoms with Crippen molar-refractivity contribution in [3.8, 4) is 0 Å². The van der Waals surface area contributed by atoms with E-state index in [2.05, 4.69) is 60.7 Å². The summed E-state index contributed by atoms with van der Waals surface area (Å²) in [5.74, 6) is 1.17. The highest BCUT2D eigenvalue weighted by Crippen LogP contribution is 2.49. The van der Waals surface area contributed by atoms with Gasteiger partial charge in [0.05, 0.1) is 0 Å². The van der Waals surface area contributed by atoms with Crippen molar-refractivity contribution in [3.05, 3.63) is 59.7 Å². The molecule has 0 radical (unpaired) electrons. The molecule has 3 heteroatoms. The van der Waals surface area contributed by atoms with Gasteiger partial charge in [-0.3, -0.25) is 4.79 Å². The molecule has 1 fully saturated rings. The molecule has 0 spiro atoms. The predicted octanol–water partition coefficient (Wildman–Crippen LogP) is 4.37. The first-order chi connectivity index (χ1) is 11.0. The molecular weight excluding hydrogens is 284 g/mol. The first-order valence-electron chi connectivity index (χ1n) is 8.19. The molecular formula is C20H24N2O. The van der Waals surface area contributed by atoms with Gasteiger partial charge in [0.2, 0.25) is 5.91 Å². The number of carbonyl (C=O) groups is 1. The summed E-state index contributed by atoms with van der Waals surface area (Å²) in [5.41, 5.74) is 4.90. The van der Waals surface area contributed by atoms with E-state index in [1.807, 2.05) is 12.1 Å². The number of hydrogen-bond donors (Lipinski definition) is 1. The van der Waals surface area contributed by atoms with E-state index in [1.165, 1.54) is 36.6 Å². The summed E-state index contributed by atoms with van der Waals surface area (Å²) in [6, 6.07) is 17.2. The highest BCUT2D eigenvalue weighted by molar-refractivity contribution is 5.88. The second kappa shape index (κ2) is 6.45. The van der Waals surface area contributed by atoms with Crippen molar-refractivity contribution in [1.82, 2.24) is 0 Å². The Morgan fingerprint density at radius 2 is 1.39 bits per heavy atom. The molecule has 0 aromatic heterocycles. The molecule has 3 rings (SSSR count). The highest BCUT2D eigenvalue weighted by Gasteiger charge is 2.33. The van der Waals surface area contributed by atoms with Crippen LogP contribution in [-0.4, -0.2) is 20.0 Å². The zero-order valence-corrected chi connectivity index (χ0v) is 14.0. The van der Waals surface area contributed by atoms with Crippen LogP contribution in [0.2, 0.25) is 0 Å². The van der Waals surface area contributed by atoms with Crippen LogP contribution in [0.15, 0.2) is 48.5 Å². The SMILES string of the molecule is CC(=O)Nc1ccc(C2CCC2c2ccc(N(C)C)cc2)cc1. The second-order valence-electron chi connectivity index (χ2n) is 6.58. The van der Waals surface area contributed by atoms with Gasteiger partial charge in [-0.2, -0.15) is 0 Å². The van der Waals surface area contributed by atoms with E-state index in [0.29, 0.717) is 11.8 Å². The summed E-state index contributed by atoms with van der Waals surface area (Å²) in [6.45, 7) is 1.53. The van der Waals surface area contributed by atoms with Gasteiger partial charge in [0.25, 0.3) is 0 Å². The third kappa shape index (κ3) is 3.39. The van der Waals surface area contributed by atoms with Gasteiger partial charge in [-0.15, -0.1) is 0 Å². The Kier molecular flexibility index (Phi) is 4.37. The van der Waals surface area contributed by atoms with Crippen molar-refractivity contribution in [2.75, 3.05) is 24.3 Å². The number of amides is 1. The van der Waals surface area contributed by atoms with Gasteiger partial charge in [-0.1, -0.05) is 24.3 Å². The third-order valence-electron chi connectivity index (χ3n) is 4.77. The van der Waals surface area contributed by atoms with Crippen LogP contribution in [0, 0.1) is 0 Å². The monoisotopic (exact) mass is 308 g/mol. The van der Waals surface area contributed by atoms with E-state index in [9.17, 15) is 4.79 Å². The smallest absolute Gasteiger partial charge is 0.221 e. The molecule has 23 heavy (non-hydrogen) atoms. The van der Waals surface area contributed by atoms with Crippen LogP contribution in [0.5, 0.6) is 0 Å². The van der Waals surface area contributed by atoms with Gasteiger partial charge in [-0.05, 0) is 60.1 Å². The third-order valence-corrected chi connectivity index (χ3v) is 4.77. The Morgan fingerprint density at radius 3 is 1.78 bits per heavy atom. The Balaban J connectivity index is 1.72. The fourth-order valence-electron chi connectivity index (χ4n) is 3.33. The molecule has 1 aliphatic carbocycles. The lowest BCUT2D eigenvalue weighted by Crippen LogP contribution is -2.22. The molecule has 1 aliphatic rings. The Morgan fingerprint density at radius 1 is 0.913 bits per heavy atom. The summed E-state index contributed by atoms with van der Waals surface area (Å²) in [5, 5.41) is 2.82. The lowest BCUT2D eigenvalue weighted by Gasteiger charge is -2.37. The fourth-order valence-corrected chi connectivity index (χ4v) is 3.33. The van der Waals surface area contributed by atoms with Crippen LogP contribution >= 0.6 is 0 Å². The molecule has 2 unspecified atom stereocenters. The van der Waals surface area contributed by atoms with E-state index in [-0.39, 0.29) is 5.91 Å². The van der Waals surface area contributed by atoms with Crippen LogP contribution in [-0.2, 0) is 4.79 Å². The minimum atomic E-state index is -0.0275. The number of carbonyl (C=O) groups excluding carboxylic acids is 1. The Hall–Kier alpha value is -2.29. The largest absolute Gasteiger partial charge is 0.378 e. The van der Waals surface area contributed by atoms with E-state index >= 15 is 0 Å². The minimum Gasteiger partial charge on any atom is -0.378 e. The second-order valence-corrected chi connectivity index (χ2v) is 6.58. The molecule has 2 atom stereocenters. The normalized spacial score (nSPS) is 19.8. The lowest BCUT2D eigenvalue weighted by molar-refractivity contribution is -0.114. The molecule has 0 saturated heterocycles. The fraction of sp³-hybridized carbons (Fsp3) is 0.350. The molecule has 120 valence electrons. The molecule has 1 amide bonds. The van der Waals surface area contributed by atoms with Gasteiger partial charge < -0.3 is 10.2 Å². The molecule has 1 saturated carbocycles. The first kappa shape index (κ1) is 15.6. The van der Waals surface area contributed by atoms with Crippen LogP contribution in [0.4, 0.5) is 11.4 Å². The molecule has 1 N–H and O–H groups in total. The molecule has 2 aromatic rings. The molecule has 0 heterocycles. The molecule has 2 aromatic carbocycles. The van der Waals surface area contributed by atoms with E-state index in [4.69, 9.17) is 0 Å². The van der Waals surface area contributed by atoms with E-state index < -0.39 is 0 Å². The van der Waals surface area contributed by atoms with Crippen LogP contribution in [0.3, 0.4) is 0 Å². The zero-order valence-electron chi connectivity index (χ0n) is 14.0. The summed E-state index contributed by atoms with van der Waals surface area (Å²) in [4.78, 5) is 13.2. The summed E-state index contributed by atoms with van der Waals surface area (Å²) < 4.78 is 0. The summed E-state index contributed by atoms with van der Waals surface area (Å²) in [6.07, 6.45) is 2.49. The maximum atomic E-state index is 11.1. The van der Waals surface area contributed by atoms with Gasteiger partial charge in [0, 0.05) is 32.4 Å². The van der Waals surface area contributed by atoms with Crippen LogP contribution in [0.25, 0.3) is 0 Å². The highest BCUT2D eigenvalue weighted by atomic mass is 16.1. The van der Waals surface area contributed by atoms with Gasteiger partial charge in [0.1, 0.15) is 0 Å². The van der Waals surface area contributed by atoms with E-state index in [1.54, 1.807) is 0 Å². The first-order valence-corrected chi connectivity index (χ1v) is 8.19. The Bertz CT molecular complexity index is 674. The topological polar surface area (TPSA) is 32.3 Å². The summed E-state index contributed by atoms with van der Waals surface area (Å²) in [7, 11) is 4.13. The van der Waals surface area contributed by atoms with Gasteiger partial charge >= 0.3 is 0 Å². The van der Waals surface area contributed by atoms with Crippen molar-refractivity contribution in [3.63, 3.8) is 0 Å². The maximum absolute atomic E-state index is 11.1. The Labute approximate surface area is 138 Å². The summed E-state index contributed by atoms with van der Waals surface area (Å²) >= 11 is 0. The lowest BCUT2D eigenvalue weighted by atomic mass is 9.67. The zero-order chi connectivity index (χ0) is 16.4. The van der Waals surface area contributed by atoms with Crippen LogP contribution < -0.4 is 10.2 Å². The minimum absolute atomic E-state index is 0.0275. The van der Waals surface area contributed by atoms with Crippen molar-refractivity contribution in [2.24, 2.45) is 0 Å². The van der Waals surface area contributed by atoms with Gasteiger partial charge in [-0.25, -0.2) is 0 Å². The average Bonchev–Trinajstić information content (AvgIpc) is 2.48. The predicted molar refractivity (Wildman–Crippen MR) is 96.2 cm³/mol. The number of hydrogen-bond acceptors (Lipinski definition) is 2. The van der Waals surface area contributed by atoms with Crippen LogP contribution in [0.1, 0.15) is 42.7 Å². The number of anilines is 2. The van der Waals surface area contributed by atoms with Crippen molar-refractivity contribution >= 4 is 17.3 Å². The standard InChI is InChI=1S/C20H24N2O/c1-14(23)21-17-8-4-15(5-9-17)19-12-13-20(19)16-6-10-18(11-7-16)22(2)3/h4-11,19-20H,12-13H2,1-3H3,(H,21,23). The van der Waals surface area contributed by atoms with Crippen molar-refractivity contribution in [2.45, 2.75) is 31.6 Å². The number of nitrogens with one attached hydrogen (secondary N) is 1. The molecule has 3 nitrogen and oxygen atoms in total. The van der Waals surface area contributed by atoms with Crippen molar-refractivity contribution in [1.29, 1.82) is 0 Å². The molecule has 0 aliphatic heterocycles. The number of rotatable bonds is 4. The number of nitrogens with zero attached hydrogens (tertiary/aromatic N) is 1. The van der Waals surface area contributed by atoms with Gasteiger partial charge in [0.15, 0.2) is 0 Å².